The lowest BCUT2D eigenvalue weighted by Crippen LogP contribution is -2.16. The van der Waals surface area contributed by atoms with Gasteiger partial charge in [-0.15, -0.1) is 0 Å². The Morgan fingerprint density at radius 1 is 1.38 bits per heavy atom. The molecule has 1 atom stereocenters. The number of rotatable bonds is 2. The standard InChI is InChI=1S/C10H18N2O/c1-6-8-11-9(12-13-8)7(2)10(3,4)5/h7H,6H2,1-5H3/t7-/m1/s1. The van der Waals surface area contributed by atoms with Gasteiger partial charge < -0.3 is 4.52 Å². The molecule has 0 aliphatic heterocycles. The number of aromatic nitrogens is 2. The van der Waals surface area contributed by atoms with Crippen LogP contribution in [0.3, 0.4) is 0 Å². The number of aryl methyl sites for hydroxylation is 1. The van der Waals surface area contributed by atoms with Crippen LogP contribution in [0.2, 0.25) is 0 Å². The van der Waals surface area contributed by atoms with E-state index in [1.165, 1.54) is 0 Å². The highest BCUT2D eigenvalue weighted by Gasteiger charge is 2.25. The maximum atomic E-state index is 5.07. The van der Waals surface area contributed by atoms with E-state index in [2.05, 4.69) is 37.8 Å². The molecule has 3 heteroatoms. The molecule has 1 rings (SSSR count). The molecule has 0 aliphatic rings. The molecule has 0 unspecified atom stereocenters. The third-order valence-electron chi connectivity index (χ3n) is 2.47. The first-order valence-corrected chi connectivity index (χ1v) is 4.77. The molecule has 0 saturated heterocycles. The highest BCUT2D eigenvalue weighted by atomic mass is 16.5. The number of hydrogen-bond acceptors (Lipinski definition) is 3. The van der Waals surface area contributed by atoms with Gasteiger partial charge in [0.1, 0.15) is 0 Å². The number of hydrogen-bond donors (Lipinski definition) is 0. The van der Waals surface area contributed by atoms with Crippen molar-refractivity contribution < 1.29 is 4.52 Å². The third-order valence-corrected chi connectivity index (χ3v) is 2.47. The van der Waals surface area contributed by atoms with E-state index in [-0.39, 0.29) is 5.41 Å². The first-order chi connectivity index (χ1) is 5.95. The van der Waals surface area contributed by atoms with E-state index in [1.807, 2.05) is 6.92 Å². The minimum atomic E-state index is 0.189. The van der Waals surface area contributed by atoms with Gasteiger partial charge in [-0.3, -0.25) is 0 Å². The van der Waals surface area contributed by atoms with Crippen molar-refractivity contribution in [2.75, 3.05) is 0 Å². The predicted molar refractivity (Wildman–Crippen MR) is 51.5 cm³/mol. The molecule has 0 N–H and O–H groups in total. The summed E-state index contributed by atoms with van der Waals surface area (Å²) in [7, 11) is 0. The van der Waals surface area contributed by atoms with E-state index in [9.17, 15) is 0 Å². The second-order valence-electron chi connectivity index (χ2n) is 4.49. The van der Waals surface area contributed by atoms with Gasteiger partial charge in [0.05, 0.1) is 0 Å². The molecule has 1 aromatic rings. The van der Waals surface area contributed by atoms with E-state index < -0.39 is 0 Å². The van der Waals surface area contributed by atoms with Crippen LogP contribution < -0.4 is 0 Å². The van der Waals surface area contributed by atoms with E-state index in [4.69, 9.17) is 4.52 Å². The summed E-state index contributed by atoms with van der Waals surface area (Å²) >= 11 is 0. The van der Waals surface area contributed by atoms with Gasteiger partial charge in [0, 0.05) is 12.3 Å². The van der Waals surface area contributed by atoms with Crippen molar-refractivity contribution in [2.45, 2.75) is 47.0 Å². The summed E-state index contributed by atoms with van der Waals surface area (Å²) in [4.78, 5) is 4.32. The molecule has 3 nitrogen and oxygen atoms in total. The molecular weight excluding hydrogens is 164 g/mol. The maximum absolute atomic E-state index is 5.07. The summed E-state index contributed by atoms with van der Waals surface area (Å²) in [5.74, 6) is 1.88. The zero-order valence-electron chi connectivity index (χ0n) is 9.09. The van der Waals surface area contributed by atoms with E-state index in [0.29, 0.717) is 5.92 Å². The maximum Gasteiger partial charge on any atom is 0.226 e. The van der Waals surface area contributed by atoms with Crippen molar-refractivity contribution in [1.82, 2.24) is 10.1 Å². The lowest BCUT2D eigenvalue weighted by molar-refractivity contribution is 0.311. The SMILES string of the molecule is CCc1nc([C@@H](C)C(C)(C)C)no1. The Morgan fingerprint density at radius 3 is 2.38 bits per heavy atom. The van der Waals surface area contributed by atoms with Crippen molar-refractivity contribution in [2.24, 2.45) is 5.41 Å². The quantitative estimate of drug-likeness (QED) is 0.706. The highest BCUT2D eigenvalue weighted by Crippen LogP contribution is 2.32. The highest BCUT2D eigenvalue weighted by molar-refractivity contribution is 4.98. The van der Waals surface area contributed by atoms with Crippen LogP contribution in [-0.4, -0.2) is 10.1 Å². The van der Waals surface area contributed by atoms with E-state index in [0.717, 1.165) is 18.1 Å². The van der Waals surface area contributed by atoms with Crippen LogP contribution in [0, 0.1) is 5.41 Å². The summed E-state index contributed by atoms with van der Waals surface area (Å²) in [6.07, 6.45) is 0.809. The van der Waals surface area contributed by atoms with Gasteiger partial charge in [-0.2, -0.15) is 4.98 Å². The van der Waals surface area contributed by atoms with Gasteiger partial charge in [-0.25, -0.2) is 0 Å². The van der Waals surface area contributed by atoms with Gasteiger partial charge in [0.2, 0.25) is 5.89 Å². The van der Waals surface area contributed by atoms with Gasteiger partial charge >= 0.3 is 0 Å². The van der Waals surface area contributed by atoms with Crippen LogP contribution >= 0.6 is 0 Å². The smallest absolute Gasteiger partial charge is 0.226 e. The lowest BCUT2D eigenvalue weighted by atomic mass is 9.82. The molecule has 13 heavy (non-hydrogen) atoms. The van der Waals surface area contributed by atoms with Crippen molar-refractivity contribution in [3.05, 3.63) is 11.7 Å². The van der Waals surface area contributed by atoms with Crippen molar-refractivity contribution in [1.29, 1.82) is 0 Å². The average Bonchev–Trinajstić information content (AvgIpc) is 2.48. The first-order valence-electron chi connectivity index (χ1n) is 4.77. The normalized spacial score (nSPS) is 14.5. The predicted octanol–water partition coefficient (Wildman–Crippen LogP) is 2.78. The van der Waals surface area contributed by atoms with Gasteiger partial charge in [0.15, 0.2) is 5.82 Å². The molecule has 0 radical (unpaired) electrons. The molecule has 74 valence electrons. The monoisotopic (exact) mass is 182 g/mol. The number of nitrogens with zero attached hydrogens (tertiary/aromatic N) is 2. The van der Waals surface area contributed by atoms with Crippen LogP contribution in [0.5, 0.6) is 0 Å². The molecule has 0 aromatic carbocycles. The minimum absolute atomic E-state index is 0.189. The van der Waals surface area contributed by atoms with E-state index in [1.54, 1.807) is 0 Å². The summed E-state index contributed by atoms with van der Waals surface area (Å²) in [5, 5.41) is 3.97. The van der Waals surface area contributed by atoms with Crippen molar-refractivity contribution in [3.63, 3.8) is 0 Å². The summed E-state index contributed by atoms with van der Waals surface area (Å²) in [6.45, 7) is 10.7. The Balaban J connectivity index is 2.83. The molecule has 0 spiro atoms. The second-order valence-corrected chi connectivity index (χ2v) is 4.49. The Morgan fingerprint density at radius 2 is 2.00 bits per heavy atom. The fourth-order valence-electron chi connectivity index (χ4n) is 0.975. The Hall–Kier alpha value is -0.860. The third kappa shape index (κ3) is 2.29. The Kier molecular flexibility index (Phi) is 2.74. The van der Waals surface area contributed by atoms with Crippen molar-refractivity contribution in [3.8, 4) is 0 Å². The topological polar surface area (TPSA) is 38.9 Å². The molecular formula is C10H18N2O. The molecule has 0 amide bonds. The average molecular weight is 182 g/mol. The Bertz CT molecular complexity index is 273. The molecule has 0 bridgehead atoms. The molecule has 1 aromatic heterocycles. The molecule has 0 aliphatic carbocycles. The lowest BCUT2D eigenvalue weighted by Gasteiger charge is -2.23. The van der Waals surface area contributed by atoms with Crippen LogP contribution in [0.4, 0.5) is 0 Å². The molecule has 0 fully saturated rings. The van der Waals surface area contributed by atoms with E-state index >= 15 is 0 Å². The zero-order chi connectivity index (χ0) is 10.1. The van der Waals surface area contributed by atoms with Gasteiger partial charge in [-0.05, 0) is 5.41 Å². The second kappa shape index (κ2) is 3.48. The summed E-state index contributed by atoms with van der Waals surface area (Å²) in [5.41, 5.74) is 0.189. The van der Waals surface area contributed by atoms with Crippen LogP contribution in [0.1, 0.15) is 52.3 Å². The summed E-state index contributed by atoms with van der Waals surface area (Å²) < 4.78 is 5.07. The zero-order valence-corrected chi connectivity index (χ0v) is 9.09. The van der Waals surface area contributed by atoms with Crippen LogP contribution in [0.25, 0.3) is 0 Å². The van der Waals surface area contributed by atoms with Gasteiger partial charge in [0.25, 0.3) is 0 Å². The largest absolute Gasteiger partial charge is 0.339 e. The molecule has 0 saturated carbocycles. The van der Waals surface area contributed by atoms with Crippen molar-refractivity contribution >= 4 is 0 Å². The fourth-order valence-corrected chi connectivity index (χ4v) is 0.975. The fraction of sp³-hybridized carbons (Fsp3) is 0.800. The first kappa shape index (κ1) is 10.2. The van der Waals surface area contributed by atoms with Crippen LogP contribution in [-0.2, 0) is 6.42 Å². The minimum Gasteiger partial charge on any atom is -0.339 e. The van der Waals surface area contributed by atoms with Crippen LogP contribution in [0.15, 0.2) is 4.52 Å². The summed E-state index contributed by atoms with van der Waals surface area (Å²) in [6, 6.07) is 0. The Labute approximate surface area is 79.5 Å². The van der Waals surface area contributed by atoms with Gasteiger partial charge in [-0.1, -0.05) is 39.8 Å². The molecule has 1 heterocycles.